The number of carboxylic acids is 1. The molecule has 2 amide bonds. The first-order chi connectivity index (χ1) is 10.1. The van der Waals surface area contributed by atoms with Gasteiger partial charge in [0.15, 0.2) is 0 Å². The SMILES string of the molecule is CSCC[C@@H](NC(=O)NCCCN1CCOCC1)C(=O)O. The molecule has 7 nitrogen and oxygen atoms in total. The summed E-state index contributed by atoms with van der Waals surface area (Å²) in [4.78, 5) is 24.9. The molecule has 0 unspecified atom stereocenters. The first kappa shape index (κ1) is 18.1. The Morgan fingerprint density at radius 2 is 2.10 bits per heavy atom. The zero-order valence-electron chi connectivity index (χ0n) is 12.5. The Kier molecular flexibility index (Phi) is 9.20. The van der Waals surface area contributed by atoms with Gasteiger partial charge in [-0.3, -0.25) is 4.90 Å². The first-order valence-electron chi connectivity index (χ1n) is 7.19. The zero-order chi connectivity index (χ0) is 15.5. The van der Waals surface area contributed by atoms with Crippen LogP contribution >= 0.6 is 11.8 Å². The van der Waals surface area contributed by atoms with Gasteiger partial charge >= 0.3 is 12.0 Å². The Bertz CT molecular complexity index is 325. The molecule has 1 saturated heterocycles. The smallest absolute Gasteiger partial charge is 0.326 e. The molecule has 0 aromatic heterocycles. The lowest BCUT2D eigenvalue weighted by Crippen LogP contribution is -2.47. The second kappa shape index (κ2) is 10.7. The van der Waals surface area contributed by atoms with Crippen LogP contribution in [0.4, 0.5) is 4.79 Å². The van der Waals surface area contributed by atoms with Crippen molar-refractivity contribution in [3.63, 3.8) is 0 Å². The topological polar surface area (TPSA) is 90.9 Å². The lowest BCUT2D eigenvalue weighted by atomic mass is 10.2. The van der Waals surface area contributed by atoms with E-state index < -0.39 is 18.0 Å². The van der Waals surface area contributed by atoms with Gasteiger partial charge in [-0.05, 0) is 31.4 Å². The van der Waals surface area contributed by atoms with Crippen LogP contribution in [-0.2, 0) is 9.53 Å². The quantitative estimate of drug-likeness (QED) is 0.527. The standard InChI is InChI=1S/C13H25N3O4S/c1-21-10-3-11(12(17)18)15-13(19)14-4-2-5-16-6-8-20-9-7-16/h11H,2-10H2,1H3,(H,17,18)(H2,14,15,19)/t11-/m1/s1. The van der Waals surface area contributed by atoms with E-state index in [2.05, 4.69) is 15.5 Å². The Labute approximate surface area is 129 Å². The van der Waals surface area contributed by atoms with Gasteiger partial charge in [-0.25, -0.2) is 9.59 Å². The highest BCUT2D eigenvalue weighted by Crippen LogP contribution is 2.01. The van der Waals surface area contributed by atoms with Crippen LogP contribution in [0.3, 0.4) is 0 Å². The molecule has 8 heteroatoms. The van der Waals surface area contributed by atoms with E-state index in [-0.39, 0.29) is 0 Å². The van der Waals surface area contributed by atoms with E-state index in [0.29, 0.717) is 18.7 Å². The Morgan fingerprint density at radius 1 is 1.38 bits per heavy atom. The number of amides is 2. The van der Waals surface area contributed by atoms with E-state index >= 15 is 0 Å². The molecule has 1 aliphatic rings. The molecular formula is C13H25N3O4S. The van der Waals surface area contributed by atoms with Crippen LogP contribution in [0.1, 0.15) is 12.8 Å². The number of rotatable bonds is 9. The van der Waals surface area contributed by atoms with Gasteiger partial charge in [0.1, 0.15) is 6.04 Å². The minimum Gasteiger partial charge on any atom is -0.480 e. The summed E-state index contributed by atoms with van der Waals surface area (Å²) >= 11 is 1.56. The third-order valence-electron chi connectivity index (χ3n) is 3.25. The van der Waals surface area contributed by atoms with Crippen LogP contribution in [0, 0.1) is 0 Å². The fraction of sp³-hybridized carbons (Fsp3) is 0.846. The van der Waals surface area contributed by atoms with E-state index in [1.807, 2.05) is 6.26 Å². The van der Waals surface area contributed by atoms with Crippen LogP contribution in [0.15, 0.2) is 0 Å². The average Bonchev–Trinajstić information content (AvgIpc) is 2.48. The van der Waals surface area contributed by atoms with E-state index in [1.165, 1.54) is 0 Å². The van der Waals surface area contributed by atoms with Crippen molar-refractivity contribution in [3.05, 3.63) is 0 Å². The maximum absolute atomic E-state index is 11.6. The number of thioether (sulfide) groups is 1. The monoisotopic (exact) mass is 319 g/mol. The third-order valence-corrected chi connectivity index (χ3v) is 3.90. The average molecular weight is 319 g/mol. The van der Waals surface area contributed by atoms with Crippen LogP contribution in [-0.4, -0.2) is 79.5 Å². The largest absolute Gasteiger partial charge is 0.480 e. The highest BCUT2D eigenvalue weighted by atomic mass is 32.2. The maximum Gasteiger partial charge on any atom is 0.326 e. The minimum atomic E-state index is -0.993. The molecule has 1 fully saturated rings. The van der Waals surface area contributed by atoms with Crippen molar-refractivity contribution in [2.45, 2.75) is 18.9 Å². The molecule has 1 atom stereocenters. The number of carbonyl (C=O) groups excluding carboxylic acids is 1. The molecule has 1 heterocycles. The summed E-state index contributed by atoms with van der Waals surface area (Å²) < 4.78 is 5.26. The molecule has 0 saturated carbocycles. The van der Waals surface area contributed by atoms with Crippen LogP contribution < -0.4 is 10.6 Å². The van der Waals surface area contributed by atoms with Crippen molar-refractivity contribution >= 4 is 23.8 Å². The van der Waals surface area contributed by atoms with Crippen molar-refractivity contribution in [1.82, 2.24) is 15.5 Å². The fourth-order valence-electron chi connectivity index (χ4n) is 2.03. The molecule has 0 radical (unpaired) electrons. The minimum absolute atomic E-state index is 0.412. The molecule has 0 aromatic rings. The molecule has 0 aromatic carbocycles. The van der Waals surface area contributed by atoms with Crippen molar-refractivity contribution in [2.24, 2.45) is 0 Å². The molecule has 0 spiro atoms. The summed E-state index contributed by atoms with van der Waals surface area (Å²) in [7, 11) is 0. The van der Waals surface area contributed by atoms with Gasteiger partial charge in [-0.15, -0.1) is 0 Å². The van der Waals surface area contributed by atoms with E-state index in [4.69, 9.17) is 9.84 Å². The second-order valence-corrected chi connectivity index (χ2v) is 5.87. The highest BCUT2D eigenvalue weighted by Gasteiger charge is 2.19. The van der Waals surface area contributed by atoms with Gasteiger partial charge in [0.25, 0.3) is 0 Å². The predicted octanol–water partition coefficient (Wildman–Crippen LogP) is 0.214. The summed E-state index contributed by atoms with van der Waals surface area (Å²) in [5.41, 5.74) is 0. The molecule has 1 rings (SSSR count). The number of morpholine rings is 1. The number of aliphatic carboxylic acids is 1. The van der Waals surface area contributed by atoms with E-state index in [1.54, 1.807) is 11.8 Å². The lowest BCUT2D eigenvalue weighted by Gasteiger charge is -2.26. The number of nitrogens with one attached hydrogen (secondary N) is 2. The molecule has 0 bridgehead atoms. The van der Waals surface area contributed by atoms with Crippen molar-refractivity contribution in [2.75, 3.05) is 51.4 Å². The van der Waals surface area contributed by atoms with Crippen molar-refractivity contribution in [3.8, 4) is 0 Å². The molecule has 122 valence electrons. The van der Waals surface area contributed by atoms with Crippen molar-refractivity contribution < 1.29 is 19.4 Å². The Morgan fingerprint density at radius 3 is 2.71 bits per heavy atom. The maximum atomic E-state index is 11.6. The summed E-state index contributed by atoms with van der Waals surface area (Å²) in [5, 5.41) is 14.2. The predicted molar refractivity (Wildman–Crippen MR) is 82.8 cm³/mol. The highest BCUT2D eigenvalue weighted by molar-refractivity contribution is 7.98. The molecular weight excluding hydrogens is 294 g/mol. The van der Waals surface area contributed by atoms with E-state index in [0.717, 1.165) is 39.3 Å². The van der Waals surface area contributed by atoms with Crippen LogP contribution in [0.25, 0.3) is 0 Å². The lowest BCUT2D eigenvalue weighted by molar-refractivity contribution is -0.139. The number of nitrogens with zero attached hydrogens (tertiary/aromatic N) is 1. The van der Waals surface area contributed by atoms with Gasteiger partial charge < -0.3 is 20.5 Å². The molecule has 1 aliphatic heterocycles. The van der Waals surface area contributed by atoms with E-state index in [9.17, 15) is 9.59 Å². The second-order valence-electron chi connectivity index (χ2n) is 4.88. The van der Waals surface area contributed by atoms with Gasteiger partial charge in [0.2, 0.25) is 0 Å². The first-order valence-corrected chi connectivity index (χ1v) is 8.59. The summed E-state index contributed by atoms with van der Waals surface area (Å²) in [6, 6.07) is -1.23. The van der Waals surface area contributed by atoms with Gasteiger partial charge in [-0.1, -0.05) is 0 Å². The zero-order valence-corrected chi connectivity index (χ0v) is 13.3. The molecule has 0 aliphatic carbocycles. The summed E-state index contributed by atoms with van der Waals surface area (Å²) in [6.07, 6.45) is 3.18. The number of urea groups is 1. The normalized spacial score (nSPS) is 17.2. The van der Waals surface area contributed by atoms with Gasteiger partial charge in [0.05, 0.1) is 13.2 Å². The number of hydrogen-bond acceptors (Lipinski definition) is 5. The molecule has 21 heavy (non-hydrogen) atoms. The number of carbonyl (C=O) groups is 2. The molecule has 3 N–H and O–H groups in total. The third kappa shape index (κ3) is 8.13. The van der Waals surface area contributed by atoms with Crippen LogP contribution in [0.2, 0.25) is 0 Å². The Hall–Kier alpha value is -0.990. The number of hydrogen-bond donors (Lipinski definition) is 3. The van der Waals surface area contributed by atoms with Gasteiger partial charge in [-0.2, -0.15) is 11.8 Å². The number of ether oxygens (including phenoxy) is 1. The summed E-state index contributed by atoms with van der Waals surface area (Å²) in [5.74, 6) is -0.290. The van der Waals surface area contributed by atoms with Crippen LogP contribution in [0.5, 0.6) is 0 Å². The van der Waals surface area contributed by atoms with Gasteiger partial charge in [0, 0.05) is 19.6 Å². The van der Waals surface area contributed by atoms with Crippen molar-refractivity contribution in [1.29, 1.82) is 0 Å². The Balaban J connectivity index is 2.12. The fourth-order valence-corrected chi connectivity index (χ4v) is 2.50. The number of carboxylic acid groups (broad SMARTS) is 1. The summed E-state index contributed by atoms with van der Waals surface area (Å²) in [6.45, 7) is 4.85.